The Hall–Kier alpha value is -1.38. The van der Waals surface area contributed by atoms with Crippen molar-refractivity contribution < 1.29 is 4.74 Å². The fraction of sp³-hybridized carbons (Fsp3) is 0.444. The van der Waals surface area contributed by atoms with Gasteiger partial charge in [-0.3, -0.25) is 0 Å². The molecule has 2 nitrogen and oxygen atoms in total. The molecule has 2 aromatic carbocycles. The molecule has 2 aromatic rings. The number of hydrogen-bond acceptors (Lipinski definition) is 2. The molecule has 20 heavy (non-hydrogen) atoms. The van der Waals surface area contributed by atoms with Gasteiger partial charge in [0.2, 0.25) is 0 Å². The molecule has 0 saturated heterocycles. The van der Waals surface area contributed by atoms with E-state index in [1.807, 2.05) is 0 Å². The van der Waals surface area contributed by atoms with E-state index in [1.54, 1.807) is 7.11 Å². The van der Waals surface area contributed by atoms with Crippen LogP contribution in [0, 0.1) is 0 Å². The molecule has 0 heterocycles. The van der Waals surface area contributed by atoms with E-state index in [0.717, 1.165) is 19.4 Å². The smallest absolute Gasteiger partial charge is 0.0699 e. The molecular formula is C18H25NO. The first-order valence-electron chi connectivity index (χ1n) is 7.49. The second-order valence-corrected chi connectivity index (χ2v) is 5.34. The number of benzene rings is 2. The summed E-state index contributed by atoms with van der Waals surface area (Å²) in [5, 5.41) is 6.27. The van der Waals surface area contributed by atoms with Crippen LogP contribution in [0.3, 0.4) is 0 Å². The van der Waals surface area contributed by atoms with Gasteiger partial charge in [-0.2, -0.15) is 0 Å². The highest BCUT2D eigenvalue weighted by Crippen LogP contribution is 2.20. The molecule has 0 bridgehead atoms. The number of ether oxygens (including phenoxy) is 1. The number of methoxy groups -OCH3 is 1. The molecule has 2 rings (SSSR count). The van der Waals surface area contributed by atoms with Gasteiger partial charge in [0.15, 0.2) is 0 Å². The van der Waals surface area contributed by atoms with Gasteiger partial charge < -0.3 is 10.1 Å². The SMILES string of the molecule is CCCNC(Cc1cccc2ccccc12)C(C)OC. The summed E-state index contributed by atoms with van der Waals surface area (Å²) in [6.45, 7) is 5.36. The second kappa shape index (κ2) is 7.41. The number of rotatable bonds is 7. The molecule has 2 atom stereocenters. The fourth-order valence-electron chi connectivity index (χ4n) is 2.61. The third-order valence-corrected chi connectivity index (χ3v) is 3.91. The molecule has 0 fully saturated rings. The van der Waals surface area contributed by atoms with Crippen LogP contribution in [-0.2, 0) is 11.2 Å². The largest absolute Gasteiger partial charge is 0.380 e. The van der Waals surface area contributed by atoms with Crippen molar-refractivity contribution in [1.82, 2.24) is 5.32 Å². The van der Waals surface area contributed by atoms with Crippen LogP contribution in [0.4, 0.5) is 0 Å². The summed E-state index contributed by atoms with van der Waals surface area (Å²) in [4.78, 5) is 0. The Morgan fingerprint density at radius 1 is 1.10 bits per heavy atom. The van der Waals surface area contributed by atoms with Crippen LogP contribution >= 0.6 is 0 Å². The average Bonchev–Trinajstić information content (AvgIpc) is 2.50. The summed E-state index contributed by atoms with van der Waals surface area (Å²) in [5.41, 5.74) is 1.39. The van der Waals surface area contributed by atoms with Crippen molar-refractivity contribution in [1.29, 1.82) is 0 Å². The zero-order chi connectivity index (χ0) is 14.4. The van der Waals surface area contributed by atoms with E-state index in [4.69, 9.17) is 4.74 Å². The third kappa shape index (κ3) is 3.59. The van der Waals surface area contributed by atoms with Gasteiger partial charge in [0.1, 0.15) is 0 Å². The molecule has 0 saturated carbocycles. The molecule has 0 aliphatic rings. The molecule has 2 unspecified atom stereocenters. The molecule has 0 aliphatic carbocycles. The average molecular weight is 271 g/mol. The highest BCUT2D eigenvalue weighted by atomic mass is 16.5. The standard InChI is InChI=1S/C18H25NO/c1-4-12-19-18(14(2)20-3)13-16-10-7-9-15-8-5-6-11-17(15)16/h5-11,14,18-19H,4,12-13H2,1-3H3. The third-order valence-electron chi connectivity index (χ3n) is 3.91. The summed E-state index contributed by atoms with van der Waals surface area (Å²) >= 11 is 0. The van der Waals surface area contributed by atoms with Crippen LogP contribution in [0.1, 0.15) is 25.8 Å². The quantitative estimate of drug-likeness (QED) is 0.827. The highest BCUT2D eigenvalue weighted by Gasteiger charge is 2.17. The van der Waals surface area contributed by atoms with Crippen LogP contribution in [0.15, 0.2) is 42.5 Å². The topological polar surface area (TPSA) is 21.3 Å². The van der Waals surface area contributed by atoms with Gasteiger partial charge in [-0.1, -0.05) is 49.4 Å². The maximum absolute atomic E-state index is 5.53. The van der Waals surface area contributed by atoms with Gasteiger partial charge in [-0.25, -0.2) is 0 Å². The van der Waals surface area contributed by atoms with Crippen molar-refractivity contribution in [2.75, 3.05) is 13.7 Å². The van der Waals surface area contributed by atoms with Crippen molar-refractivity contribution in [2.45, 2.75) is 38.8 Å². The molecule has 0 aliphatic heterocycles. The Kier molecular flexibility index (Phi) is 5.57. The van der Waals surface area contributed by atoms with Crippen LogP contribution in [-0.4, -0.2) is 25.8 Å². The summed E-state index contributed by atoms with van der Waals surface area (Å²) in [7, 11) is 1.79. The van der Waals surface area contributed by atoms with Crippen LogP contribution < -0.4 is 5.32 Å². The number of hydrogen-bond donors (Lipinski definition) is 1. The lowest BCUT2D eigenvalue weighted by molar-refractivity contribution is 0.0832. The first kappa shape index (κ1) is 15.0. The van der Waals surface area contributed by atoms with E-state index in [0.29, 0.717) is 6.04 Å². The van der Waals surface area contributed by atoms with E-state index in [2.05, 4.69) is 61.6 Å². The van der Waals surface area contributed by atoms with Crippen molar-refractivity contribution >= 4 is 10.8 Å². The first-order valence-corrected chi connectivity index (χ1v) is 7.49. The van der Waals surface area contributed by atoms with Crippen LogP contribution in [0.25, 0.3) is 10.8 Å². The van der Waals surface area contributed by atoms with Gasteiger partial charge in [0, 0.05) is 13.2 Å². The lowest BCUT2D eigenvalue weighted by atomic mass is 9.96. The summed E-state index contributed by atoms with van der Waals surface area (Å²) in [6.07, 6.45) is 2.35. The lowest BCUT2D eigenvalue weighted by Gasteiger charge is -2.25. The minimum absolute atomic E-state index is 0.209. The maximum atomic E-state index is 5.53. The first-order chi connectivity index (χ1) is 9.76. The van der Waals surface area contributed by atoms with E-state index in [9.17, 15) is 0 Å². The Bertz CT molecular complexity index is 532. The van der Waals surface area contributed by atoms with Crippen molar-refractivity contribution in [2.24, 2.45) is 0 Å². The molecule has 0 spiro atoms. The monoisotopic (exact) mass is 271 g/mol. The van der Waals surface area contributed by atoms with Gasteiger partial charge in [-0.05, 0) is 42.6 Å². The van der Waals surface area contributed by atoms with E-state index < -0.39 is 0 Å². The van der Waals surface area contributed by atoms with Gasteiger partial charge in [0.25, 0.3) is 0 Å². The van der Waals surface area contributed by atoms with E-state index in [1.165, 1.54) is 16.3 Å². The molecule has 0 radical (unpaired) electrons. The van der Waals surface area contributed by atoms with E-state index in [-0.39, 0.29) is 6.10 Å². The van der Waals surface area contributed by atoms with Crippen LogP contribution in [0.5, 0.6) is 0 Å². The Labute approximate surface area is 122 Å². The maximum Gasteiger partial charge on any atom is 0.0699 e. The number of fused-ring (bicyclic) bond motifs is 1. The molecule has 0 amide bonds. The summed E-state index contributed by atoms with van der Waals surface area (Å²) in [6, 6.07) is 15.5. The number of nitrogens with one attached hydrogen (secondary N) is 1. The summed E-state index contributed by atoms with van der Waals surface area (Å²) in [5.74, 6) is 0. The van der Waals surface area contributed by atoms with Crippen molar-refractivity contribution in [3.8, 4) is 0 Å². The molecule has 2 heteroatoms. The second-order valence-electron chi connectivity index (χ2n) is 5.34. The Morgan fingerprint density at radius 2 is 1.85 bits per heavy atom. The predicted octanol–water partition coefficient (Wildman–Crippen LogP) is 3.79. The molecule has 0 aromatic heterocycles. The van der Waals surface area contributed by atoms with Crippen molar-refractivity contribution in [3.63, 3.8) is 0 Å². The van der Waals surface area contributed by atoms with Crippen LogP contribution in [0.2, 0.25) is 0 Å². The van der Waals surface area contributed by atoms with Gasteiger partial charge in [0.05, 0.1) is 6.10 Å². The van der Waals surface area contributed by atoms with Crippen molar-refractivity contribution in [3.05, 3.63) is 48.0 Å². The Balaban J connectivity index is 2.23. The zero-order valence-corrected chi connectivity index (χ0v) is 12.7. The molecule has 108 valence electrons. The van der Waals surface area contributed by atoms with Gasteiger partial charge in [-0.15, -0.1) is 0 Å². The predicted molar refractivity (Wildman–Crippen MR) is 86.2 cm³/mol. The van der Waals surface area contributed by atoms with E-state index >= 15 is 0 Å². The molecular weight excluding hydrogens is 246 g/mol. The normalized spacial score (nSPS) is 14.3. The van der Waals surface area contributed by atoms with Gasteiger partial charge >= 0.3 is 0 Å². The minimum Gasteiger partial charge on any atom is -0.380 e. The highest BCUT2D eigenvalue weighted by molar-refractivity contribution is 5.85. The lowest BCUT2D eigenvalue weighted by Crippen LogP contribution is -2.41. The zero-order valence-electron chi connectivity index (χ0n) is 12.7. The summed E-state index contributed by atoms with van der Waals surface area (Å²) < 4.78 is 5.53. The Morgan fingerprint density at radius 3 is 2.60 bits per heavy atom. The molecule has 1 N–H and O–H groups in total. The fourth-order valence-corrected chi connectivity index (χ4v) is 2.61. The minimum atomic E-state index is 0.209.